The maximum Gasteiger partial charge on any atom is 0.239 e. The molecule has 0 spiro atoms. The Hall–Kier alpha value is -2.77. The van der Waals surface area contributed by atoms with E-state index in [0.29, 0.717) is 24.8 Å². The number of rotatable bonds is 6. The van der Waals surface area contributed by atoms with E-state index < -0.39 is 0 Å². The highest BCUT2D eigenvalue weighted by Gasteiger charge is 2.10. The smallest absolute Gasteiger partial charge is 0.239 e. The number of hydrogen-bond acceptors (Lipinski definition) is 4. The van der Waals surface area contributed by atoms with Gasteiger partial charge in [-0.25, -0.2) is 0 Å². The van der Waals surface area contributed by atoms with Crippen molar-refractivity contribution >= 4 is 11.9 Å². The Morgan fingerprint density at radius 3 is 2.67 bits per heavy atom. The minimum absolute atomic E-state index is 0.130. The average Bonchev–Trinajstić information content (AvgIpc) is 3.16. The molecule has 0 saturated carbocycles. The molecule has 0 unspecified atom stereocenters. The molecule has 0 radical (unpaired) electrons. The number of amides is 1. The van der Waals surface area contributed by atoms with E-state index in [9.17, 15) is 4.79 Å². The second kappa shape index (κ2) is 8.19. The molecule has 8 heteroatoms. The number of aliphatic imine (C=N–C) groups is 1. The second-order valence-electron chi connectivity index (χ2n) is 5.41. The van der Waals surface area contributed by atoms with Gasteiger partial charge in [0.15, 0.2) is 5.96 Å². The van der Waals surface area contributed by atoms with Crippen LogP contribution in [0.15, 0.2) is 27.8 Å². The molecule has 24 heavy (non-hydrogen) atoms. The fraction of sp³-hybridized carbons (Fsp3) is 0.438. The quantitative estimate of drug-likeness (QED) is 0.532. The Balaban J connectivity index is 1.77. The zero-order valence-corrected chi connectivity index (χ0v) is 14.5. The first-order chi connectivity index (χ1) is 11.5. The van der Waals surface area contributed by atoms with E-state index in [0.717, 1.165) is 17.0 Å². The summed E-state index contributed by atoms with van der Waals surface area (Å²) >= 11 is 0. The monoisotopic (exact) mass is 332 g/mol. The molecular formula is C16H24N6O2. The van der Waals surface area contributed by atoms with E-state index in [1.807, 2.05) is 31.6 Å². The lowest BCUT2D eigenvalue weighted by molar-refractivity contribution is -0.120. The first kappa shape index (κ1) is 17.6. The molecule has 8 nitrogen and oxygen atoms in total. The van der Waals surface area contributed by atoms with Gasteiger partial charge < -0.3 is 20.4 Å². The molecule has 0 aromatic carbocycles. The van der Waals surface area contributed by atoms with Crippen LogP contribution in [0, 0.1) is 13.8 Å². The summed E-state index contributed by atoms with van der Waals surface area (Å²) in [5, 5.41) is 13.3. The lowest BCUT2D eigenvalue weighted by atomic mass is 10.2. The molecule has 130 valence electrons. The maximum absolute atomic E-state index is 11.8. The van der Waals surface area contributed by atoms with Gasteiger partial charge in [-0.3, -0.25) is 14.5 Å². The Bertz CT molecular complexity index is 702. The number of furan rings is 1. The van der Waals surface area contributed by atoms with Crippen molar-refractivity contribution in [2.24, 2.45) is 12.0 Å². The minimum Gasteiger partial charge on any atom is -0.467 e. The highest BCUT2D eigenvalue weighted by molar-refractivity contribution is 5.86. The summed E-state index contributed by atoms with van der Waals surface area (Å²) in [5.41, 5.74) is 3.21. The summed E-state index contributed by atoms with van der Waals surface area (Å²) in [7, 11) is 3.58. The van der Waals surface area contributed by atoms with E-state index in [2.05, 4.69) is 26.0 Å². The summed E-state index contributed by atoms with van der Waals surface area (Å²) in [5.74, 6) is 1.14. The highest BCUT2D eigenvalue weighted by Crippen LogP contribution is 2.10. The number of hydrogen-bond donors (Lipinski definition) is 3. The van der Waals surface area contributed by atoms with Crippen molar-refractivity contribution in [1.82, 2.24) is 25.7 Å². The predicted molar refractivity (Wildman–Crippen MR) is 91.4 cm³/mol. The van der Waals surface area contributed by atoms with Crippen LogP contribution in [0.3, 0.4) is 0 Å². The van der Waals surface area contributed by atoms with Gasteiger partial charge >= 0.3 is 0 Å². The van der Waals surface area contributed by atoms with Crippen LogP contribution in [0.5, 0.6) is 0 Å². The molecule has 0 aliphatic carbocycles. The fourth-order valence-electron chi connectivity index (χ4n) is 2.29. The minimum atomic E-state index is -0.136. The van der Waals surface area contributed by atoms with E-state index in [1.54, 1.807) is 19.4 Å². The van der Waals surface area contributed by atoms with Crippen LogP contribution < -0.4 is 16.0 Å². The highest BCUT2D eigenvalue weighted by atomic mass is 16.3. The molecule has 1 amide bonds. The zero-order valence-electron chi connectivity index (χ0n) is 14.5. The van der Waals surface area contributed by atoms with Crippen LogP contribution in [0.4, 0.5) is 0 Å². The Morgan fingerprint density at radius 2 is 2.08 bits per heavy atom. The van der Waals surface area contributed by atoms with Crippen LogP contribution >= 0.6 is 0 Å². The molecule has 0 atom stereocenters. The third kappa shape index (κ3) is 4.61. The number of aromatic nitrogens is 2. The molecule has 0 aliphatic rings. The van der Waals surface area contributed by atoms with Crippen LogP contribution in [0.1, 0.15) is 22.7 Å². The van der Waals surface area contributed by atoms with Crippen molar-refractivity contribution < 1.29 is 9.21 Å². The topological polar surface area (TPSA) is 96.5 Å². The Labute approximate surface area is 141 Å². The Kier molecular flexibility index (Phi) is 6.00. The molecule has 0 fully saturated rings. The van der Waals surface area contributed by atoms with Crippen molar-refractivity contribution in [3.05, 3.63) is 41.1 Å². The van der Waals surface area contributed by atoms with Crippen LogP contribution in [0.25, 0.3) is 0 Å². The first-order valence-corrected chi connectivity index (χ1v) is 7.74. The van der Waals surface area contributed by atoms with E-state index in [4.69, 9.17) is 4.42 Å². The first-order valence-electron chi connectivity index (χ1n) is 7.74. The number of guanidine groups is 1. The molecule has 2 aromatic rings. The van der Waals surface area contributed by atoms with E-state index >= 15 is 0 Å². The van der Waals surface area contributed by atoms with Gasteiger partial charge in [-0.05, 0) is 26.0 Å². The molecule has 0 saturated heterocycles. The predicted octanol–water partition coefficient (Wildman–Crippen LogP) is 0.611. The summed E-state index contributed by atoms with van der Waals surface area (Å²) in [4.78, 5) is 16.0. The average molecular weight is 332 g/mol. The van der Waals surface area contributed by atoms with Crippen molar-refractivity contribution in [3.8, 4) is 0 Å². The normalized spacial score (nSPS) is 11.4. The fourth-order valence-corrected chi connectivity index (χ4v) is 2.29. The molecule has 3 N–H and O–H groups in total. The Morgan fingerprint density at radius 1 is 1.29 bits per heavy atom. The lowest BCUT2D eigenvalue weighted by Crippen LogP contribution is -2.42. The van der Waals surface area contributed by atoms with Crippen molar-refractivity contribution in [1.29, 1.82) is 0 Å². The standard InChI is InChI=1S/C16H24N6O2/c1-11-14(12(2)22(4)21-11)9-19-16(17-3)20-10-15(23)18-8-13-6-5-7-24-13/h5-7H,8-10H2,1-4H3,(H,18,23)(H2,17,19,20). The largest absolute Gasteiger partial charge is 0.467 e. The molecule has 2 heterocycles. The maximum atomic E-state index is 11.8. The lowest BCUT2D eigenvalue weighted by Gasteiger charge is -2.12. The summed E-state index contributed by atoms with van der Waals surface area (Å²) in [6.07, 6.45) is 1.58. The number of carbonyl (C=O) groups is 1. The second-order valence-corrected chi connectivity index (χ2v) is 5.41. The van der Waals surface area contributed by atoms with Gasteiger partial charge in [0.2, 0.25) is 5.91 Å². The van der Waals surface area contributed by atoms with Gasteiger partial charge in [-0.2, -0.15) is 5.10 Å². The molecule has 0 bridgehead atoms. The number of nitrogens with one attached hydrogen (secondary N) is 3. The van der Waals surface area contributed by atoms with Gasteiger partial charge in [0.05, 0.1) is 25.0 Å². The summed E-state index contributed by atoms with van der Waals surface area (Å²) in [6.45, 7) is 5.09. The van der Waals surface area contributed by atoms with Gasteiger partial charge in [0.1, 0.15) is 5.76 Å². The van der Waals surface area contributed by atoms with Crippen molar-refractivity contribution in [2.75, 3.05) is 13.6 Å². The van der Waals surface area contributed by atoms with Crippen molar-refractivity contribution in [3.63, 3.8) is 0 Å². The molecular weight excluding hydrogens is 308 g/mol. The third-order valence-corrected chi connectivity index (χ3v) is 3.77. The van der Waals surface area contributed by atoms with Crippen LogP contribution in [-0.2, 0) is 24.9 Å². The summed E-state index contributed by atoms with van der Waals surface area (Å²) in [6, 6.07) is 3.60. The molecule has 2 rings (SSSR count). The SMILES string of the molecule is CN=C(NCC(=O)NCc1ccco1)NCc1c(C)nn(C)c1C. The van der Waals surface area contributed by atoms with Gasteiger partial charge in [-0.1, -0.05) is 0 Å². The molecule has 2 aromatic heterocycles. The zero-order chi connectivity index (χ0) is 17.5. The number of nitrogens with zero attached hydrogens (tertiary/aromatic N) is 3. The van der Waals surface area contributed by atoms with Gasteiger partial charge in [-0.15, -0.1) is 0 Å². The summed E-state index contributed by atoms with van der Waals surface area (Å²) < 4.78 is 7.02. The van der Waals surface area contributed by atoms with Crippen LogP contribution in [0.2, 0.25) is 0 Å². The van der Waals surface area contributed by atoms with Crippen LogP contribution in [-0.4, -0.2) is 35.2 Å². The van der Waals surface area contributed by atoms with Crippen molar-refractivity contribution in [2.45, 2.75) is 26.9 Å². The third-order valence-electron chi connectivity index (χ3n) is 3.77. The van der Waals surface area contributed by atoms with E-state index in [-0.39, 0.29) is 12.5 Å². The van der Waals surface area contributed by atoms with Gasteiger partial charge in [0, 0.05) is 31.9 Å². The van der Waals surface area contributed by atoms with E-state index in [1.165, 1.54) is 0 Å². The van der Waals surface area contributed by atoms with Gasteiger partial charge in [0.25, 0.3) is 0 Å². The molecule has 0 aliphatic heterocycles. The number of aryl methyl sites for hydroxylation is 2. The number of carbonyl (C=O) groups excluding carboxylic acids is 1.